The first-order valence-corrected chi connectivity index (χ1v) is 6.37. The van der Waals surface area contributed by atoms with E-state index in [1.165, 1.54) is 29.7 Å². The predicted molar refractivity (Wildman–Crippen MR) is 78.8 cm³/mol. The molecule has 0 atom stereocenters. The Bertz CT molecular complexity index is 784. The molecule has 108 valence electrons. The Balaban J connectivity index is 1.69. The Kier molecular flexibility index (Phi) is 3.92. The Hall–Kier alpha value is -3.42. The van der Waals surface area contributed by atoms with Crippen LogP contribution in [0.15, 0.2) is 55.7 Å². The lowest BCUT2D eigenvalue weighted by atomic mass is 10.2. The van der Waals surface area contributed by atoms with Gasteiger partial charge in [-0.2, -0.15) is 5.10 Å². The highest BCUT2D eigenvalue weighted by Gasteiger charge is 2.03. The van der Waals surface area contributed by atoms with E-state index in [-0.39, 0.29) is 5.91 Å². The maximum atomic E-state index is 11.9. The van der Waals surface area contributed by atoms with E-state index in [4.69, 9.17) is 0 Å². The minimum absolute atomic E-state index is 0.299. The van der Waals surface area contributed by atoms with Crippen molar-refractivity contribution in [1.82, 2.24) is 29.7 Å². The lowest BCUT2D eigenvalue weighted by Gasteiger charge is -2.03. The number of carbonyl (C=O) groups is 1. The van der Waals surface area contributed by atoms with Crippen LogP contribution in [0.25, 0.3) is 11.9 Å². The third-order valence-corrected chi connectivity index (χ3v) is 2.67. The zero-order valence-electron chi connectivity index (χ0n) is 11.4. The van der Waals surface area contributed by atoms with Crippen molar-refractivity contribution in [2.75, 3.05) is 5.32 Å². The van der Waals surface area contributed by atoms with Gasteiger partial charge in [0.05, 0.1) is 0 Å². The molecule has 0 aliphatic carbocycles. The van der Waals surface area contributed by atoms with E-state index >= 15 is 0 Å². The van der Waals surface area contributed by atoms with Crippen molar-refractivity contribution >= 4 is 17.8 Å². The first-order valence-electron chi connectivity index (χ1n) is 6.37. The summed E-state index contributed by atoms with van der Waals surface area (Å²) in [6.45, 7) is 0. The number of carbonyl (C=O) groups excluding carboxylic acids is 1. The summed E-state index contributed by atoms with van der Waals surface area (Å²) in [6.07, 6.45) is 10.7. The molecule has 1 amide bonds. The molecule has 0 saturated carbocycles. The van der Waals surface area contributed by atoms with Crippen LogP contribution in [-0.2, 0) is 4.79 Å². The summed E-state index contributed by atoms with van der Waals surface area (Å²) in [5.74, 6) is 0.590. The predicted octanol–water partition coefficient (Wildman–Crippen LogP) is 1.10. The minimum Gasteiger partial charge on any atom is -0.307 e. The molecule has 0 saturated heterocycles. The van der Waals surface area contributed by atoms with Crippen LogP contribution >= 0.6 is 0 Å². The largest absolute Gasteiger partial charge is 0.307 e. The highest BCUT2D eigenvalue weighted by atomic mass is 16.1. The number of amides is 1. The first kappa shape index (κ1) is 13.6. The lowest BCUT2D eigenvalue weighted by Crippen LogP contribution is -2.10. The maximum Gasteiger partial charge on any atom is 0.249 e. The monoisotopic (exact) mass is 293 g/mol. The Morgan fingerprint density at radius 1 is 1.23 bits per heavy atom. The number of nitrogens with zero attached hydrogens (tertiary/aromatic N) is 6. The summed E-state index contributed by atoms with van der Waals surface area (Å²) < 4.78 is 1.48. The number of pyridine rings is 1. The van der Waals surface area contributed by atoms with Gasteiger partial charge in [-0.15, -0.1) is 0 Å². The van der Waals surface area contributed by atoms with Crippen molar-refractivity contribution in [3.05, 3.63) is 61.2 Å². The summed E-state index contributed by atoms with van der Waals surface area (Å²) in [4.78, 5) is 27.7. The molecule has 0 bridgehead atoms. The number of nitrogens with one attached hydrogen (secondary N) is 1. The van der Waals surface area contributed by atoms with Gasteiger partial charge in [-0.25, -0.2) is 19.6 Å². The average molecular weight is 293 g/mol. The highest BCUT2D eigenvalue weighted by Crippen LogP contribution is 2.07. The van der Waals surface area contributed by atoms with Crippen molar-refractivity contribution in [3.63, 3.8) is 0 Å². The van der Waals surface area contributed by atoms with E-state index in [1.54, 1.807) is 30.6 Å². The summed E-state index contributed by atoms with van der Waals surface area (Å²) in [5.41, 5.74) is 0.837. The molecular weight excluding hydrogens is 282 g/mol. The second-order valence-corrected chi connectivity index (χ2v) is 4.21. The standard InChI is InChI=1S/C14H11N7O/c22-14(4-3-11-2-1-5-15-7-11)20-12-6-13(18-9-17-12)21-10-16-8-19-21/h1-10H,(H,17,18,20,22)/b4-3+. The molecule has 3 aromatic rings. The quantitative estimate of drug-likeness (QED) is 0.723. The minimum atomic E-state index is -0.299. The van der Waals surface area contributed by atoms with Gasteiger partial charge < -0.3 is 5.32 Å². The number of rotatable bonds is 4. The average Bonchev–Trinajstić information content (AvgIpc) is 3.09. The molecule has 3 rings (SSSR count). The van der Waals surface area contributed by atoms with E-state index in [0.29, 0.717) is 11.6 Å². The topological polar surface area (TPSA) is 98.5 Å². The van der Waals surface area contributed by atoms with Gasteiger partial charge in [-0.1, -0.05) is 6.07 Å². The zero-order chi connectivity index (χ0) is 15.2. The van der Waals surface area contributed by atoms with Crippen LogP contribution in [0.4, 0.5) is 5.82 Å². The van der Waals surface area contributed by atoms with Gasteiger partial charge in [-0.05, 0) is 17.7 Å². The third-order valence-electron chi connectivity index (χ3n) is 2.67. The number of hydrogen-bond acceptors (Lipinski definition) is 6. The van der Waals surface area contributed by atoms with E-state index < -0.39 is 0 Å². The molecule has 8 nitrogen and oxygen atoms in total. The fourth-order valence-corrected chi connectivity index (χ4v) is 1.68. The Morgan fingerprint density at radius 2 is 2.18 bits per heavy atom. The zero-order valence-corrected chi connectivity index (χ0v) is 11.4. The van der Waals surface area contributed by atoms with E-state index in [2.05, 4.69) is 30.4 Å². The van der Waals surface area contributed by atoms with E-state index in [1.807, 2.05) is 6.07 Å². The van der Waals surface area contributed by atoms with Crippen molar-refractivity contribution in [2.45, 2.75) is 0 Å². The third kappa shape index (κ3) is 3.37. The van der Waals surface area contributed by atoms with Crippen LogP contribution in [0.2, 0.25) is 0 Å². The molecular formula is C14H11N7O. The summed E-state index contributed by atoms with van der Waals surface area (Å²) in [5, 5.41) is 6.62. The fraction of sp³-hybridized carbons (Fsp3) is 0. The van der Waals surface area contributed by atoms with Crippen molar-refractivity contribution in [1.29, 1.82) is 0 Å². The molecule has 0 aliphatic rings. The van der Waals surface area contributed by atoms with Gasteiger partial charge in [0.15, 0.2) is 5.82 Å². The Morgan fingerprint density at radius 3 is 2.95 bits per heavy atom. The van der Waals surface area contributed by atoms with Gasteiger partial charge >= 0.3 is 0 Å². The molecule has 0 spiro atoms. The summed E-state index contributed by atoms with van der Waals surface area (Å²) in [6, 6.07) is 5.25. The lowest BCUT2D eigenvalue weighted by molar-refractivity contribution is -0.111. The second kappa shape index (κ2) is 6.35. The number of hydrogen-bond donors (Lipinski definition) is 1. The van der Waals surface area contributed by atoms with Crippen molar-refractivity contribution < 1.29 is 4.79 Å². The molecule has 0 aliphatic heterocycles. The number of anilines is 1. The fourth-order valence-electron chi connectivity index (χ4n) is 1.68. The summed E-state index contributed by atoms with van der Waals surface area (Å²) >= 11 is 0. The van der Waals surface area contributed by atoms with E-state index in [0.717, 1.165) is 5.56 Å². The van der Waals surface area contributed by atoms with Gasteiger partial charge in [0.2, 0.25) is 5.91 Å². The van der Waals surface area contributed by atoms with Gasteiger partial charge in [0.25, 0.3) is 0 Å². The smallest absolute Gasteiger partial charge is 0.249 e. The molecule has 0 radical (unpaired) electrons. The molecule has 3 aromatic heterocycles. The summed E-state index contributed by atoms with van der Waals surface area (Å²) in [7, 11) is 0. The van der Waals surface area contributed by atoms with Crippen LogP contribution in [0.1, 0.15) is 5.56 Å². The second-order valence-electron chi connectivity index (χ2n) is 4.21. The van der Waals surface area contributed by atoms with Gasteiger partial charge in [0, 0.05) is 24.5 Å². The normalized spacial score (nSPS) is 10.7. The molecule has 3 heterocycles. The van der Waals surface area contributed by atoms with Gasteiger partial charge in [-0.3, -0.25) is 9.78 Å². The van der Waals surface area contributed by atoms with Crippen molar-refractivity contribution in [2.24, 2.45) is 0 Å². The number of aromatic nitrogens is 6. The van der Waals surface area contributed by atoms with Gasteiger partial charge in [0.1, 0.15) is 24.8 Å². The maximum absolute atomic E-state index is 11.9. The molecule has 0 aromatic carbocycles. The van der Waals surface area contributed by atoms with Crippen LogP contribution < -0.4 is 5.32 Å². The molecule has 0 fully saturated rings. The van der Waals surface area contributed by atoms with E-state index in [9.17, 15) is 4.79 Å². The molecule has 1 N–H and O–H groups in total. The molecule has 0 unspecified atom stereocenters. The van der Waals surface area contributed by atoms with Crippen LogP contribution in [0, 0.1) is 0 Å². The molecule has 8 heteroatoms. The highest BCUT2D eigenvalue weighted by molar-refractivity contribution is 6.01. The Labute approximate surface area is 125 Å². The molecule has 22 heavy (non-hydrogen) atoms. The van der Waals surface area contributed by atoms with Crippen LogP contribution in [0.5, 0.6) is 0 Å². The SMILES string of the molecule is O=C(/C=C/c1cccnc1)Nc1cc(-n2cncn2)ncn1. The first-order chi connectivity index (χ1) is 10.8. The van der Waals surface area contributed by atoms with Crippen molar-refractivity contribution in [3.8, 4) is 5.82 Å². The van der Waals surface area contributed by atoms with Crippen LogP contribution in [0.3, 0.4) is 0 Å². The van der Waals surface area contributed by atoms with Crippen LogP contribution in [-0.4, -0.2) is 35.6 Å².